The number of rotatable bonds is 3. The molecular weight excluding hydrogens is 356 g/mol. The number of nitrogens with zero attached hydrogens (tertiary/aromatic N) is 2. The highest BCUT2D eigenvalue weighted by Gasteiger charge is 2.19. The summed E-state index contributed by atoms with van der Waals surface area (Å²) in [6.07, 6.45) is 3.62. The molecule has 1 heterocycles. The highest BCUT2D eigenvalue weighted by molar-refractivity contribution is 6.30. The molecule has 3 nitrogen and oxygen atoms in total. The molecule has 0 bridgehead atoms. The average molecular weight is 377 g/mol. The number of carbonyl (C=O) groups is 1. The van der Waals surface area contributed by atoms with Gasteiger partial charge in [-0.3, -0.25) is 4.79 Å². The summed E-state index contributed by atoms with van der Waals surface area (Å²) in [5, 5.41) is 3.08. The summed E-state index contributed by atoms with van der Waals surface area (Å²) in [6, 6.07) is 22.3. The van der Waals surface area contributed by atoms with Crippen molar-refractivity contribution >= 4 is 40.0 Å². The summed E-state index contributed by atoms with van der Waals surface area (Å²) >= 11 is 6.08. The standard InChI is InChI=1S/C23H21ClN2O/c24-20-8-4-9-21(17-20)25-13-15-26(16-14-25)23(27)12-11-19-7-3-6-18-5-1-2-10-22(18)19/h1-12,17H,13-16H2/b12-11-. The summed E-state index contributed by atoms with van der Waals surface area (Å²) in [5.41, 5.74) is 2.18. The van der Waals surface area contributed by atoms with Crippen LogP contribution in [0.1, 0.15) is 5.56 Å². The third-order valence-corrected chi connectivity index (χ3v) is 5.23. The first-order chi connectivity index (χ1) is 13.2. The Bertz CT molecular complexity index is 985. The van der Waals surface area contributed by atoms with Crippen LogP contribution >= 0.6 is 11.6 Å². The van der Waals surface area contributed by atoms with E-state index in [9.17, 15) is 4.79 Å². The monoisotopic (exact) mass is 376 g/mol. The van der Waals surface area contributed by atoms with Crippen LogP contribution in [0, 0.1) is 0 Å². The van der Waals surface area contributed by atoms with Gasteiger partial charge in [-0.25, -0.2) is 0 Å². The molecule has 0 aliphatic carbocycles. The molecule has 0 saturated carbocycles. The van der Waals surface area contributed by atoms with Crippen molar-refractivity contribution in [2.45, 2.75) is 0 Å². The molecular formula is C23H21ClN2O. The minimum absolute atomic E-state index is 0.0636. The van der Waals surface area contributed by atoms with Gasteiger partial charge in [0.1, 0.15) is 0 Å². The van der Waals surface area contributed by atoms with Crippen LogP contribution in [0.25, 0.3) is 16.8 Å². The van der Waals surface area contributed by atoms with Crippen molar-refractivity contribution in [2.75, 3.05) is 31.1 Å². The van der Waals surface area contributed by atoms with E-state index in [0.29, 0.717) is 13.1 Å². The van der Waals surface area contributed by atoms with Gasteiger partial charge in [0.25, 0.3) is 0 Å². The molecule has 0 N–H and O–H groups in total. The van der Waals surface area contributed by atoms with Crippen LogP contribution in [-0.4, -0.2) is 37.0 Å². The number of piperazine rings is 1. The minimum Gasteiger partial charge on any atom is -0.368 e. The Morgan fingerprint density at radius 1 is 0.889 bits per heavy atom. The fraction of sp³-hybridized carbons (Fsp3) is 0.174. The number of carbonyl (C=O) groups excluding carboxylic acids is 1. The van der Waals surface area contributed by atoms with E-state index in [1.54, 1.807) is 6.08 Å². The van der Waals surface area contributed by atoms with E-state index in [0.717, 1.165) is 34.7 Å². The van der Waals surface area contributed by atoms with Crippen LogP contribution in [0.15, 0.2) is 72.8 Å². The Kier molecular flexibility index (Phi) is 5.12. The molecule has 4 heteroatoms. The lowest BCUT2D eigenvalue weighted by atomic mass is 10.0. The summed E-state index contributed by atoms with van der Waals surface area (Å²) in [5.74, 6) is 0.0636. The van der Waals surface area contributed by atoms with Crippen molar-refractivity contribution in [3.63, 3.8) is 0 Å². The van der Waals surface area contributed by atoms with E-state index in [1.165, 1.54) is 5.39 Å². The number of hydrogen-bond acceptors (Lipinski definition) is 2. The second-order valence-corrected chi connectivity index (χ2v) is 7.13. The maximum atomic E-state index is 12.6. The van der Waals surface area contributed by atoms with Crippen LogP contribution in [0.2, 0.25) is 5.02 Å². The van der Waals surface area contributed by atoms with E-state index in [2.05, 4.69) is 29.2 Å². The van der Waals surface area contributed by atoms with Crippen molar-refractivity contribution in [3.8, 4) is 0 Å². The molecule has 136 valence electrons. The molecule has 1 fully saturated rings. The molecule has 0 spiro atoms. The molecule has 0 aromatic heterocycles. The summed E-state index contributed by atoms with van der Waals surface area (Å²) in [7, 11) is 0. The van der Waals surface area contributed by atoms with Gasteiger partial charge < -0.3 is 9.80 Å². The maximum absolute atomic E-state index is 12.6. The number of fused-ring (bicyclic) bond motifs is 1. The van der Waals surface area contributed by atoms with E-state index < -0.39 is 0 Å². The van der Waals surface area contributed by atoms with Gasteiger partial charge >= 0.3 is 0 Å². The zero-order chi connectivity index (χ0) is 18.6. The number of amides is 1. The zero-order valence-electron chi connectivity index (χ0n) is 15.0. The second kappa shape index (κ2) is 7.85. The number of halogens is 1. The van der Waals surface area contributed by atoms with Gasteiger partial charge in [0.05, 0.1) is 0 Å². The molecule has 3 aromatic carbocycles. The average Bonchev–Trinajstić information content (AvgIpc) is 2.72. The van der Waals surface area contributed by atoms with Gasteiger partial charge in [-0.15, -0.1) is 0 Å². The second-order valence-electron chi connectivity index (χ2n) is 6.69. The smallest absolute Gasteiger partial charge is 0.246 e. The first-order valence-electron chi connectivity index (χ1n) is 9.16. The molecule has 3 aromatic rings. The van der Waals surface area contributed by atoms with Crippen molar-refractivity contribution in [1.82, 2.24) is 4.90 Å². The van der Waals surface area contributed by atoms with Gasteiger partial charge in [0.15, 0.2) is 0 Å². The van der Waals surface area contributed by atoms with Crippen LogP contribution in [0.4, 0.5) is 5.69 Å². The Balaban J connectivity index is 1.41. The zero-order valence-corrected chi connectivity index (χ0v) is 15.8. The van der Waals surface area contributed by atoms with Crippen LogP contribution < -0.4 is 4.90 Å². The highest BCUT2D eigenvalue weighted by Crippen LogP contribution is 2.22. The minimum atomic E-state index is 0.0636. The molecule has 0 unspecified atom stereocenters. The van der Waals surface area contributed by atoms with Crippen LogP contribution in [-0.2, 0) is 4.79 Å². The van der Waals surface area contributed by atoms with Gasteiger partial charge in [0.2, 0.25) is 5.91 Å². The van der Waals surface area contributed by atoms with Crippen molar-refractivity contribution in [2.24, 2.45) is 0 Å². The Morgan fingerprint density at radius 3 is 2.44 bits per heavy atom. The van der Waals surface area contributed by atoms with Crippen molar-refractivity contribution < 1.29 is 4.79 Å². The molecule has 1 aliphatic rings. The van der Waals surface area contributed by atoms with E-state index in [4.69, 9.17) is 11.6 Å². The van der Waals surface area contributed by atoms with Crippen LogP contribution in [0.3, 0.4) is 0 Å². The molecule has 1 saturated heterocycles. The first kappa shape index (κ1) is 17.6. The molecule has 1 aliphatic heterocycles. The number of benzene rings is 3. The fourth-order valence-corrected chi connectivity index (χ4v) is 3.70. The lowest BCUT2D eigenvalue weighted by Gasteiger charge is -2.35. The van der Waals surface area contributed by atoms with E-state index >= 15 is 0 Å². The largest absolute Gasteiger partial charge is 0.368 e. The van der Waals surface area contributed by atoms with Gasteiger partial charge in [-0.1, -0.05) is 60.1 Å². The SMILES string of the molecule is O=C(/C=C\c1cccc2ccccc12)N1CCN(c2cccc(Cl)c2)CC1. The summed E-state index contributed by atoms with van der Waals surface area (Å²) in [4.78, 5) is 16.8. The first-order valence-corrected chi connectivity index (χ1v) is 9.54. The van der Waals surface area contributed by atoms with Gasteiger partial charge in [-0.2, -0.15) is 0 Å². The highest BCUT2D eigenvalue weighted by atomic mass is 35.5. The maximum Gasteiger partial charge on any atom is 0.246 e. The van der Waals surface area contributed by atoms with Crippen LogP contribution in [0.5, 0.6) is 0 Å². The predicted molar refractivity (Wildman–Crippen MR) is 113 cm³/mol. The summed E-state index contributed by atoms with van der Waals surface area (Å²) in [6.45, 7) is 3.05. The molecule has 4 rings (SSSR count). The van der Waals surface area contributed by atoms with Gasteiger partial charge in [-0.05, 0) is 40.6 Å². The van der Waals surface area contributed by atoms with E-state index in [-0.39, 0.29) is 5.91 Å². The lowest BCUT2D eigenvalue weighted by molar-refractivity contribution is -0.126. The molecule has 27 heavy (non-hydrogen) atoms. The summed E-state index contributed by atoms with van der Waals surface area (Å²) < 4.78 is 0. The molecule has 0 radical (unpaired) electrons. The Hall–Kier alpha value is -2.78. The molecule has 1 amide bonds. The predicted octanol–water partition coefficient (Wildman–Crippen LogP) is 4.86. The third kappa shape index (κ3) is 3.99. The number of hydrogen-bond donors (Lipinski definition) is 0. The molecule has 0 atom stereocenters. The Labute approximate surface area is 164 Å². The van der Waals surface area contributed by atoms with Crippen molar-refractivity contribution in [1.29, 1.82) is 0 Å². The third-order valence-electron chi connectivity index (χ3n) is 4.99. The quantitative estimate of drug-likeness (QED) is 0.610. The van der Waals surface area contributed by atoms with Gasteiger partial charge in [0, 0.05) is 43.0 Å². The fourth-order valence-electron chi connectivity index (χ4n) is 3.52. The lowest BCUT2D eigenvalue weighted by Crippen LogP contribution is -2.48. The number of anilines is 1. The normalized spacial score (nSPS) is 14.9. The van der Waals surface area contributed by atoms with Crippen molar-refractivity contribution in [3.05, 3.63) is 83.4 Å². The van der Waals surface area contributed by atoms with E-state index in [1.807, 2.05) is 53.4 Å². The topological polar surface area (TPSA) is 23.6 Å². The Morgan fingerprint density at radius 2 is 1.63 bits per heavy atom.